The molecule has 1 unspecified atom stereocenters. The van der Waals surface area contributed by atoms with E-state index in [0.29, 0.717) is 47.3 Å². The number of anilines is 1. The van der Waals surface area contributed by atoms with Crippen LogP contribution in [0.5, 0.6) is 0 Å². The molecule has 1 aromatic carbocycles. The summed E-state index contributed by atoms with van der Waals surface area (Å²) in [7, 11) is 0. The molecule has 4 aliphatic carbocycles. The Morgan fingerprint density at radius 1 is 0.977 bits per heavy atom. The van der Waals surface area contributed by atoms with Gasteiger partial charge in [0.25, 0.3) is 0 Å². The molecule has 5 rings (SSSR count). The third-order valence-electron chi connectivity index (χ3n) is 12.9. The Labute approximate surface area is 274 Å². The number of halogens is 2. The number of carboxylic acid groups (broad SMARTS) is 1. The standard InChI is InChI=1S/C36H53Cl2NO5/c1-23(4-11-32(41)42)28-9-10-29-34-30(13-15-36(28,29)3)35(2)14-12-27(21-25(35)22-31(34)40)44-33(43)20-24-5-7-26(8-6-24)39(18-16-37)19-17-38/h5-8,23,25,27-31,34,40H,4,9-22H2,1-3H3,(H,41,42)/t23-,25?,27-,28-,29+,30+,31-,34+,35+,36-/m1/s1. The molecule has 2 N–H and O–H groups in total. The van der Waals surface area contributed by atoms with E-state index in [4.69, 9.17) is 27.9 Å². The predicted octanol–water partition coefficient (Wildman–Crippen LogP) is 7.56. The van der Waals surface area contributed by atoms with Gasteiger partial charge >= 0.3 is 11.9 Å². The minimum Gasteiger partial charge on any atom is -0.481 e. The van der Waals surface area contributed by atoms with Crippen molar-refractivity contribution in [3.05, 3.63) is 29.8 Å². The van der Waals surface area contributed by atoms with Crippen molar-refractivity contribution in [3.63, 3.8) is 0 Å². The Kier molecular flexibility index (Phi) is 10.8. The summed E-state index contributed by atoms with van der Waals surface area (Å²) >= 11 is 11.9. The van der Waals surface area contributed by atoms with E-state index < -0.39 is 5.97 Å². The molecule has 6 nitrogen and oxygen atoms in total. The van der Waals surface area contributed by atoms with Crippen LogP contribution in [0.3, 0.4) is 0 Å². The number of alkyl halides is 2. The number of aliphatic carboxylic acids is 1. The van der Waals surface area contributed by atoms with Gasteiger partial charge in [0.05, 0.1) is 12.5 Å². The molecule has 10 atom stereocenters. The van der Waals surface area contributed by atoms with E-state index in [2.05, 4.69) is 25.7 Å². The first-order valence-corrected chi connectivity index (χ1v) is 18.1. The average Bonchev–Trinajstić information content (AvgIpc) is 3.34. The highest BCUT2D eigenvalue weighted by Gasteiger charge is 2.63. The zero-order chi connectivity index (χ0) is 31.6. The lowest BCUT2D eigenvalue weighted by Crippen LogP contribution is -2.58. The van der Waals surface area contributed by atoms with Gasteiger partial charge in [0.1, 0.15) is 6.10 Å². The fraction of sp³-hybridized carbons (Fsp3) is 0.778. The van der Waals surface area contributed by atoms with Gasteiger partial charge in [-0.1, -0.05) is 32.9 Å². The summed E-state index contributed by atoms with van der Waals surface area (Å²) in [5.41, 5.74) is 2.33. The highest BCUT2D eigenvalue weighted by molar-refractivity contribution is 6.18. The second kappa shape index (κ2) is 14.1. The summed E-state index contributed by atoms with van der Waals surface area (Å²) in [5, 5.41) is 21.0. The van der Waals surface area contributed by atoms with Crippen molar-refractivity contribution < 1.29 is 24.5 Å². The molecule has 1 aromatic rings. The molecule has 0 saturated heterocycles. The maximum atomic E-state index is 13.0. The monoisotopic (exact) mass is 649 g/mol. The zero-order valence-corrected chi connectivity index (χ0v) is 28.4. The third-order valence-corrected chi connectivity index (χ3v) is 13.2. The summed E-state index contributed by atoms with van der Waals surface area (Å²) in [6.45, 7) is 8.61. The van der Waals surface area contributed by atoms with Crippen molar-refractivity contribution >= 4 is 40.8 Å². The predicted molar refractivity (Wildman–Crippen MR) is 176 cm³/mol. The van der Waals surface area contributed by atoms with Crippen LogP contribution in [-0.2, 0) is 20.7 Å². The van der Waals surface area contributed by atoms with Crippen LogP contribution in [0.4, 0.5) is 5.69 Å². The van der Waals surface area contributed by atoms with Gasteiger partial charge in [-0.15, -0.1) is 23.2 Å². The molecule has 0 amide bonds. The van der Waals surface area contributed by atoms with Crippen LogP contribution in [0.15, 0.2) is 24.3 Å². The Morgan fingerprint density at radius 2 is 1.64 bits per heavy atom. The number of carbonyl (C=O) groups excluding carboxylic acids is 1. The number of nitrogens with zero attached hydrogens (tertiary/aromatic N) is 1. The Balaban J connectivity index is 1.18. The Hall–Kier alpha value is -1.50. The van der Waals surface area contributed by atoms with Crippen LogP contribution in [0.1, 0.15) is 90.5 Å². The summed E-state index contributed by atoms with van der Waals surface area (Å²) in [4.78, 5) is 26.4. The van der Waals surface area contributed by atoms with Crippen LogP contribution in [0.2, 0.25) is 0 Å². The molecule has 4 aliphatic rings. The number of carboxylic acids is 1. The maximum Gasteiger partial charge on any atom is 0.310 e. The molecule has 246 valence electrons. The molecular weight excluding hydrogens is 597 g/mol. The molecule has 44 heavy (non-hydrogen) atoms. The number of benzene rings is 1. The first-order valence-electron chi connectivity index (χ1n) is 17.0. The normalized spacial score (nSPS) is 36.9. The molecule has 0 aliphatic heterocycles. The van der Waals surface area contributed by atoms with Crippen LogP contribution in [0.25, 0.3) is 0 Å². The van der Waals surface area contributed by atoms with E-state index in [9.17, 15) is 19.8 Å². The number of fused-ring (bicyclic) bond motifs is 5. The number of aliphatic hydroxyl groups is 1. The minimum atomic E-state index is -0.703. The van der Waals surface area contributed by atoms with E-state index in [0.717, 1.165) is 75.7 Å². The lowest BCUT2D eigenvalue weighted by Gasteiger charge is -2.62. The number of rotatable bonds is 12. The van der Waals surface area contributed by atoms with Crippen LogP contribution >= 0.6 is 23.2 Å². The fourth-order valence-corrected chi connectivity index (χ4v) is 11.0. The van der Waals surface area contributed by atoms with Gasteiger partial charge in [0, 0.05) is 37.0 Å². The molecule has 4 fully saturated rings. The first-order chi connectivity index (χ1) is 21.0. The number of hydrogen-bond acceptors (Lipinski definition) is 5. The lowest BCUT2D eigenvalue weighted by atomic mass is 9.43. The summed E-state index contributed by atoms with van der Waals surface area (Å²) in [5.74, 6) is 2.78. The highest BCUT2D eigenvalue weighted by Crippen LogP contribution is 2.68. The average molecular weight is 651 g/mol. The van der Waals surface area contributed by atoms with Gasteiger partial charge < -0.3 is 19.8 Å². The van der Waals surface area contributed by atoms with Crippen molar-refractivity contribution in [2.45, 2.75) is 104 Å². The van der Waals surface area contributed by atoms with Crippen molar-refractivity contribution in [2.75, 3.05) is 29.7 Å². The highest BCUT2D eigenvalue weighted by atomic mass is 35.5. The number of ether oxygens (including phenoxy) is 1. The maximum absolute atomic E-state index is 13.0. The number of esters is 1. The molecule has 0 aromatic heterocycles. The minimum absolute atomic E-state index is 0.0914. The van der Waals surface area contributed by atoms with Gasteiger partial charge in [-0.2, -0.15) is 0 Å². The summed E-state index contributed by atoms with van der Waals surface area (Å²) in [6.07, 6.45) is 8.99. The third kappa shape index (κ3) is 6.79. The molecule has 0 heterocycles. The molecule has 0 radical (unpaired) electrons. The van der Waals surface area contributed by atoms with Gasteiger partial charge in [-0.05, 0) is 122 Å². The van der Waals surface area contributed by atoms with E-state index in [1.165, 1.54) is 6.42 Å². The van der Waals surface area contributed by atoms with E-state index >= 15 is 0 Å². The van der Waals surface area contributed by atoms with Gasteiger partial charge in [-0.25, -0.2) is 0 Å². The molecule has 8 heteroatoms. The van der Waals surface area contributed by atoms with Crippen molar-refractivity contribution in [3.8, 4) is 0 Å². The molecule has 0 bridgehead atoms. The molecule has 0 spiro atoms. The fourth-order valence-electron chi connectivity index (χ4n) is 10.6. The van der Waals surface area contributed by atoms with Crippen molar-refractivity contribution in [2.24, 2.45) is 46.3 Å². The van der Waals surface area contributed by atoms with Gasteiger partial charge in [0.15, 0.2) is 0 Å². The number of hydrogen-bond donors (Lipinski definition) is 2. The lowest BCUT2D eigenvalue weighted by molar-refractivity contribution is -0.182. The summed E-state index contributed by atoms with van der Waals surface area (Å²) < 4.78 is 6.07. The van der Waals surface area contributed by atoms with Gasteiger partial charge in [0.2, 0.25) is 0 Å². The topological polar surface area (TPSA) is 87.1 Å². The van der Waals surface area contributed by atoms with Crippen LogP contribution < -0.4 is 4.90 Å². The quantitative estimate of drug-likeness (QED) is 0.180. The van der Waals surface area contributed by atoms with Gasteiger partial charge in [-0.3, -0.25) is 9.59 Å². The van der Waals surface area contributed by atoms with Crippen LogP contribution in [0, 0.1) is 46.3 Å². The van der Waals surface area contributed by atoms with Crippen LogP contribution in [-0.4, -0.2) is 59.2 Å². The Morgan fingerprint density at radius 3 is 2.30 bits per heavy atom. The summed E-state index contributed by atoms with van der Waals surface area (Å²) in [6, 6.07) is 8.01. The van der Waals surface area contributed by atoms with E-state index in [1.807, 2.05) is 24.3 Å². The zero-order valence-electron chi connectivity index (χ0n) is 26.9. The SMILES string of the molecule is C[C@H](CCC(=O)O)[C@H]1CC[C@H]2[C@@H]3[C@H](O)CC4C[C@H](OC(=O)Cc5ccc(N(CCCl)CCCl)cc5)CC[C@]4(C)[C@H]3CC[C@]12C. The first kappa shape index (κ1) is 33.9. The van der Waals surface area contributed by atoms with Crippen molar-refractivity contribution in [1.29, 1.82) is 0 Å². The largest absolute Gasteiger partial charge is 0.481 e. The molecular formula is C36H53Cl2NO5. The van der Waals surface area contributed by atoms with Crippen molar-refractivity contribution in [1.82, 2.24) is 0 Å². The Bertz CT molecular complexity index is 1140. The molecule has 4 saturated carbocycles. The second-order valence-corrected chi connectivity index (χ2v) is 15.8. The van der Waals surface area contributed by atoms with E-state index in [1.54, 1.807) is 0 Å². The second-order valence-electron chi connectivity index (χ2n) is 15.0. The number of carbonyl (C=O) groups is 2. The van der Waals surface area contributed by atoms with E-state index in [-0.39, 0.29) is 41.8 Å². The number of aliphatic hydroxyl groups excluding tert-OH is 1. The smallest absolute Gasteiger partial charge is 0.310 e.